The third kappa shape index (κ3) is 2.22. The van der Waals surface area contributed by atoms with E-state index < -0.39 is 0 Å². The van der Waals surface area contributed by atoms with Gasteiger partial charge in [-0.05, 0) is 24.9 Å². The number of furan rings is 1. The fraction of sp³-hybridized carbons (Fsp3) is 0.467. The summed E-state index contributed by atoms with van der Waals surface area (Å²) in [5.74, 6) is 0.924. The van der Waals surface area contributed by atoms with Gasteiger partial charge in [0.05, 0.1) is 6.26 Å². The van der Waals surface area contributed by atoms with Crippen molar-refractivity contribution in [1.82, 2.24) is 5.32 Å². The monoisotopic (exact) mass is 229 g/mol. The number of para-hydroxylation sites is 1. The Morgan fingerprint density at radius 1 is 1.35 bits per heavy atom. The van der Waals surface area contributed by atoms with E-state index in [0.29, 0.717) is 6.04 Å². The Morgan fingerprint density at radius 3 is 2.94 bits per heavy atom. The first-order valence-corrected chi connectivity index (χ1v) is 6.58. The minimum atomic E-state index is 0.455. The first kappa shape index (κ1) is 10.8. The van der Waals surface area contributed by atoms with Crippen molar-refractivity contribution in [1.29, 1.82) is 0 Å². The molecule has 2 aromatic rings. The van der Waals surface area contributed by atoms with Crippen LogP contribution in [-0.4, -0.2) is 6.54 Å². The van der Waals surface area contributed by atoms with Crippen LogP contribution in [0.15, 0.2) is 34.9 Å². The van der Waals surface area contributed by atoms with Crippen molar-refractivity contribution in [2.75, 3.05) is 6.54 Å². The lowest BCUT2D eigenvalue weighted by Gasteiger charge is -2.16. The zero-order valence-electron chi connectivity index (χ0n) is 10.3. The Bertz CT molecular complexity index is 498. The largest absolute Gasteiger partial charge is 0.464 e. The van der Waals surface area contributed by atoms with Gasteiger partial charge in [-0.25, -0.2) is 0 Å². The summed E-state index contributed by atoms with van der Waals surface area (Å²) >= 11 is 0. The maximum atomic E-state index is 5.64. The summed E-state index contributed by atoms with van der Waals surface area (Å²) in [5, 5.41) is 4.85. The Hall–Kier alpha value is -1.28. The molecular weight excluding hydrogens is 210 g/mol. The predicted octanol–water partition coefficient (Wildman–Crippen LogP) is 3.88. The Balaban J connectivity index is 1.92. The average molecular weight is 229 g/mol. The molecule has 0 spiro atoms. The second kappa shape index (κ2) is 4.53. The smallest absolute Gasteiger partial charge is 0.134 e. The minimum Gasteiger partial charge on any atom is -0.464 e. The van der Waals surface area contributed by atoms with Crippen LogP contribution in [0.5, 0.6) is 0 Å². The van der Waals surface area contributed by atoms with Gasteiger partial charge < -0.3 is 9.73 Å². The molecule has 0 aliphatic heterocycles. The van der Waals surface area contributed by atoms with E-state index in [1.54, 1.807) is 0 Å². The lowest BCUT2D eigenvalue weighted by atomic mass is 10.0. The Morgan fingerprint density at radius 2 is 2.18 bits per heavy atom. The fourth-order valence-corrected chi connectivity index (χ4v) is 2.52. The molecule has 2 heteroatoms. The van der Waals surface area contributed by atoms with Crippen molar-refractivity contribution in [3.8, 4) is 0 Å². The van der Waals surface area contributed by atoms with Gasteiger partial charge in [0.2, 0.25) is 0 Å². The molecule has 2 nitrogen and oxygen atoms in total. The van der Waals surface area contributed by atoms with E-state index in [2.05, 4.69) is 24.4 Å². The minimum absolute atomic E-state index is 0.455. The van der Waals surface area contributed by atoms with Crippen LogP contribution in [0.2, 0.25) is 0 Å². The molecule has 3 rings (SSSR count). The summed E-state index contributed by atoms with van der Waals surface area (Å²) in [6.45, 7) is 3.18. The van der Waals surface area contributed by atoms with E-state index in [1.165, 1.54) is 30.2 Å². The van der Waals surface area contributed by atoms with Crippen LogP contribution in [0, 0.1) is 5.92 Å². The number of hydrogen-bond donors (Lipinski definition) is 1. The number of hydrogen-bond acceptors (Lipinski definition) is 2. The van der Waals surface area contributed by atoms with Crippen LogP contribution >= 0.6 is 0 Å². The predicted molar refractivity (Wildman–Crippen MR) is 70.0 cm³/mol. The highest BCUT2D eigenvalue weighted by Crippen LogP contribution is 2.39. The summed E-state index contributed by atoms with van der Waals surface area (Å²) in [7, 11) is 0. The van der Waals surface area contributed by atoms with Gasteiger partial charge in [-0.2, -0.15) is 0 Å². The van der Waals surface area contributed by atoms with Gasteiger partial charge in [0.1, 0.15) is 5.58 Å². The molecule has 1 aromatic heterocycles. The topological polar surface area (TPSA) is 25.2 Å². The standard InChI is InChI=1S/C15H19NO/c1-2-16-14(9-11-7-8-11)13-10-17-15-6-4-3-5-12(13)15/h3-6,10-11,14,16H,2,7-9H2,1H3. The van der Waals surface area contributed by atoms with E-state index in [9.17, 15) is 0 Å². The van der Waals surface area contributed by atoms with Crippen LogP contribution in [-0.2, 0) is 0 Å². The highest BCUT2D eigenvalue weighted by Gasteiger charge is 2.27. The number of nitrogens with one attached hydrogen (secondary N) is 1. The van der Waals surface area contributed by atoms with E-state index in [4.69, 9.17) is 4.42 Å². The van der Waals surface area contributed by atoms with Crippen molar-refractivity contribution in [3.05, 3.63) is 36.1 Å². The zero-order valence-corrected chi connectivity index (χ0v) is 10.3. The molecule has 1 aliphatic rings. The number of benzene rings is 1. The van der Waals surface area contributed by atoms with Crippen molar-refractivity contribution in [2.24, 2.45) is 5.92 Å². The van der Waals surface area contributed by atoms with Crippen LogP contribution in [0.4, 0.5) is 0 Å². The van der Waals surface area contributed by atoms with Crippen molar-refractivity contribution in [2.45, 2.75) is 32.2 Å². The molecule has 0 radical (unpaired) electrons. The SMILES string of the molecule is CCNC(CC1CC1)c1coc2ccccc12. The summed E-state index contributed by atoms with van der Waals surface area (Å²) in [5.41, 5.74) is 2.33. The second-order valence-electron chi connectivity index (χ2n) is 4.98. The maximum Gasteiger partial charge on any atom is 0.134 e. The van der Waals surface area contributed by atoms with E-state index in [-0.39, 0.29) is 0 Å². The summed E-state index contributed by atoms with van der Waals surface area (Å²) in [6, 6.07) is 8.76. The zero-order chi connectivity index (χ0) is 11.7. The molecular formula is C15H19NO. The van der Waals surface area contributed by atoms with Gasteiger partial charge in [0.15, 0.2) is 0 Å². The summed E-state index contributed by atoms with van der Waals surface area (Å²) < 4.78 is 5.64. The highest BCUT2D eigenvalue weighted by molar-refractivity contribution is 5.81. The molecule has 0 amide bonds. The maximum absolute atomic E-state index is 5.64. The molecule has 90 valence electrons. The quantitative estimate of drug-likeness (QED) is 0.841. The molecule has 1 fully saturated rings. The molecule has 1 N–H and O–H groups in total. The molecule has 0 saturated heterocycles. The van der Waals surface area contributed by atoms with Crippen LogP contribution < -0.4 is 5.32 Å². The molecule has 1 aliphatic carbocycles. The van der Waals surface area contributed by atoms with Crippen LogP contribution in [0.3, 0.4) is 0 Å². The molecule has 1 aromatic carbocycles. The molecule has 17 heavy (non-hydrogen) atoms. The molecule has 1 saturated carbocycles. The Kier molecular flexibility index (Phi) is 2.89. The molecule has 0 bridgehead atoms. The molecule has 1 heterocycles. The lowest BCUT2D eigenvalue weighted by molar-refractivity contribution is 0.481. The average Bonchev–Trinajstić information content (AvgIpc) is 3.07. The molecule has 1 atom stereocenters. The number of fused-ring (bicyclic) bond motifs is 1. The summed E-state index contributed by atoms with van der Waals surface area (Å²) in [6.07, 6.45) is 5.98. The third-order valence-corrected chi connectivity index (χ3v) is 3.60. The van der Waals surface area contributed by atoms with E-state index in [1.807, 2.05) is 18.4 Å². The third-order valence-electron chi connectivity index (χ3n) is 3.60. The second-order valence-corrected chi connectivity index (χ2v) is 4.98. The van der Waals surface area contributed by atoms with Crippen LogP contribution in [0.25, 0.3) is 11.0 Å². The Labute approximate surface area is 102 Å². The van der Waals surface area contributed by atoms with Crippen molar-refractivity contribution < 1.29 is 4.42 Å². The normalized spacial score (nSPS) is 17.5. The van der Waals surface area contributed by atoms with Gasteiger partial charge in [-0.15, -0.1) is 0 Å². The fourth-order valence-electron chi connectivity index (χ4n) is 2.52. The van der Waals surface area contributed by atoms with Gasteiger partial charge in [0, 0.05) is 17.0 Å². The summed E-state index contributed by atoms with van der Waals surface area (Å²) in [4.78, 5) is 0. The highest BCUT2D eigenvalue weighted by atomic mass is 16.3. The van der Waals surface area contributed by atoms with Gasteiger partial charge in [-0.1, -0.05) is 38.0 Å². The van der Waals surface area contributed by atoms with Crippen molar-refractivity contribution in [3.63, 3.8) is 0 Å². The van der Waals surface area contributed by atoms with Gasteiger partial charge in [-0.3, -0.25) is 0 Å². The van der Waals surface area contributed by atoms with E-state index >= 15 is 0 Å². The first-order valence-electron chi connectivity index (χ1n) is 6.58. The van der Waals surface area contributed by atoms with Crippen molar-refractivity contribution >= 4 is 11.0 Å². The van der Waals surface area contributed by atoms with Gasteiger partial charge >= 0.3 is 0 Å². The van der Waals surface area contributed by atoms with E-state index in [0.717, 1.165) is 18.0 Å². The van der Waals surface area contributed by atoms with Crippen LogP contribution in [0.1, 0.15) is 37.8 Å². The number of rotatable bonds is 5. The van der Waals surface area contributed by atoms with Gasteiger partial charge in [0.25, 0.3) is 0 Å². The molecule has 1 unspecified atom stereocenters. The first-order chi connectivity index (χ1) is 8.38. The lowest BCUT2D eigenvalue weighted by Crippen LogP contribution is -2.21.